The van der Waals surface area contributed by atoms with Gasteiger partial charge in [-0.15, -0.1) is 0 Å². The lowest BCUT2D eigenvalue weighted by atomic mass is 9.77. The summed E-state index contributed by atoms with van der Waals surface area (Å²) < 4.78 is 12.2. The number of hydrogen-bond acceptors (Lipinski definition) is 3. The van der Waals surface area contributed by atoms with Gasteiger partial charge < -0.3 is 14.6 Å². The van der Waals surface area contributed by atoms with Crippen LogP contribution in [0.2, 0.25) is 0 Å². The molecule has 1 N–H and O–H groups in total. The molecule has 4 nitrogen and oxygen atoms in total. The first kappa shape index (κ1) is 18.0. The lowest BCUT2D eigenvalue weighted by molar-refractivity contribution is -0.123. The van der Waals surface area contributed by atoms with E-state index in [4.69, 9.17) is 9.31 Å². The van der Waals surface area contributed by atoms with E-state index in [-0.39, 0.29) is 5.91 Å². The maximum atomic E-state index is 12.4. The SMILES string of the molecule is Cc1ccc(B2OC(C)(C)C(C)(C)O2)c(NC(=O)C(C)(C)C)c1. The van der Waals surface area contributed by atoms with Gasteiger partial charge in [-0.2, -0.15) is 0 Å². The van der Waals surface area contributed by atoms with E-state index >= 15 is 0 Å². The zero-order valence-electron chi connectivity index (χ0n) is 15.5. The number of benzene rings is 1. The Bertz CT molecular complexity index is 601. The fourth-order valence-corrected chi connectivity index (χ4v) is 2.26. The molecule has 0 spiro atoms. The molecule has 126 valence electrons. The first-order chi connectivity index (χ1) is 10.3. The molecule has 1 saturated heterocycles. The topological polar surface area (TPSA) is 47.6 Å². The van der Waals surface area contributed by atoms with Gasteiger partial charge in [0.15, 0.2) is 0 Å². The van der Waals surface area contributed by atoms with Gasteiger partial charge in [-0.05, 0) is 46.2 Å². The number of rotatable bonds is 2. The highest BCUT2D eigenvalue weighted by molar-refractivity contribution is 6.64. The first-order valence-corrected chi connectivity index (χ1v) is 8.11. The Labute approximate surface area is 140 Å². The molecule has 1 aliphatic rings. The van der Waals surface area contributed by atoms with Crippen molar-refractivity contribution in [3.05, 3.63) is 23.8 Å². The summed E-state index contributed by atoms with van der Waals surface area (Å²) >= 11 is 0. The number of nitrogens with one attached hydrogen (secondary N) is 1. The molecule has 1 amide bonds. The molecule has 0 saturated carbocycles. The summed E-state index contributed by atoms with van der Waals surface area (Å²) in [6, 6.07) is 5.94. The summed E-state index contributed by atoms with van der Waals surface area (Å²) in [6.45, 7) is 15.8. The predicted molar refractivity (Wildman–Crippen MR) is 95.0 cm³/mol. The van der Waals surface area contributed by atoms with E-state index in [0.717, 1.165) is 16.7 Å². The van der Waals surface area contributed by atoms with Gasteiger partial charge in [0.05, 0.1) is 11.2 Å². The van der Waals surface area contributed by atoms with E-state index < -0.39 is 23.7 Å². The second-order valence-corrected chi connectivity index (χ2v) is 8.38. The van der Waals surface area contributed by atoms with Gasteiger partial charge in [0.25, 0.3) is 0 Å². The summed E-state index contributed by atoms with van der Waals surface area (Å²) in [7, 11) is -0.490. The Morgan fingerprint density at radius 3 is 2.09 bits per heavy atom. The third-order valence-electron chi connectivity index (χ3n) is 4.65. The molecule has 1 aromatic carbocycles. The molecule has 0 unspecified atom stereocenters. The second-order valence-electron chi connectivity index (χ2n) is 8.38. The Kier molecular flexibility index (Phi) is 4.42. The average Bonchev–Trinajstić information content (AvgIpc) is 2.57. The van der Waals surface area contributed by atoms with E-state index in [2.05, 4.69) is 5.32 Å². The van der Waals surface area contributed by atoms with Crippen LogP contribution in [0.5, 0.6) is 0 Å². The lowest BCUT2D eigenvalue weighted by Crippen LogP contribution is -2.41. The second kappa shape index (κ2) is 5.64. The number of carbonyl (C=O) groups excluding carboxylic acids is 1. The molecule has 0 bridgehead atoms. The standard InChI is InChI=1S/C18H28BNO3/c1-12-9-10-13(14(11-12)20-15(21)16(2,3)4)19-22-17(5,6)18(7,8)23-19/h9-11H,1-8H3,(H,20,21). The van der Waals surface area contributed by atoms with Gasteiger partial charge in [0.2, 0.25) is 5.91 Å². The summed E-state index contributed by atoms with van der Waals surface area (Å²) in [5, 5.41) is 3.02. The van der Waals surface area contributed by atoms with Crippen LogP contribution in [-0.2, 0) is 14.1 Å². The van der Waals surface area contributed by atoms with Crippen LogP contribution in [-0.4, -0.2) is 24.2 Å². The quantitative estimate of drug-likeness (QED) is 0.852. The minimum Gasteiger partial charge on any atom is -0.399 e. The van der Waals surface area contributed by atoms with E-state index in [0.29, 0.717) is 0 Å². The van der Waals surface area contributed by atoms with Gasteiger partial charge >= 0.3 is 7.12 Å². The van der Waals surface area contributed by atoms with Crippen molar-refractivity contribution in [2.45, 2.75) is 66.6 Å². The Morgan fingerprint density at radius 1 is 1.09 bits per heavy atom. The predicted octanol–water partition coefficient (Wildman–Crippen LogP) is 3.28. The number of hydrogen-bond donors (Lipinski definition) is 1. The van der Waals surface area contributed by atoms with Crippen LogP contribution in [0.25, 0.3) is 0 Å². The van der Waals surface area contributed by atoms with Crippen LogP contribution in [0.15, 0.2) is 18.2 Å². The van der Waals surface area contributed by atoms with Crippen molar-refractivity contribution >= 4 is 24.2 Å². The molecule has 1 fully saturated rings. The summed E-state index contributed by atoms with van der Waals surface area (Å²) in [5.74, 6) is -0.0270. The van der Waals surface area contributed by atoms with Crippen LogP contribution in [0.4, 0.5) is 5.69 Å². The van der Waals surface area contributed by atoms with Gasteiger partial charge in [-0.3, -0.25) is 4.79 Å². The molecule has 0 atom stereocenters. The van der Waals surface area contributed by atoms with E-state index in [9.17, 15) is 4.79 Å². The third-order valence-corrected chi connectivity index (χ3v) is 4.65. The lowest BCUT2D eigenvalue weighted by Gasteiger charge is -2.32. The minimum atomic E-state index is -0.490. The molecule has 0 aromatic heterocycles. The molecule has 0 aliphatic carbocycles. The molecule has 23 heavy (non-hydrogen) atoms. The molecule has 1 aromatic rings. The van der Waals surface area contributed by atoms with Crippen LogP contribution in [0, 0.1) is 12.3 Å². The van der Waals surface area contributed by atoms with Gasteiger partial charge in [-0.1, -0.05) is 32.9 Å². The first-order valence-electron chi connectivity index (χ1n) is 8.11. The molecule has 1 aliphatic heterocycles. The van der Waals surface area contributed by atoms with Crippen molar-refractivity contribution in [1.29, 1.82) is 0 Å². The molecular formula is C18H28BNO3. The fourth-order valence-electron chi connectivity index (χ4n) is 2.26. The summed E-state index contributed by atoms with van der Waals surface area (Å²) in [6.07, 6.45) is 0. The van der Waals surface area contributed by atoms with Crippen molar-refractivity contribution in [1.82, 2.24) is 0 Å². The molecule has 0 radical (unpaired) electrons. The highest BCUT2D eigenvalue weighted by Crippen LogP contribution is 2.37. The highest BCUT2D eigenvalue weighted by atomic mass is 16.7. The summed E-state index contributed by atoms with van der Waals surface area (Å²) in [5.41, 5.74) is 1.41. The van der Waals surface area contributed by atoms with Crippen LogP contribution in [0.3, 0.4) is 0 Å². The zero-order valence-corrected chi connectivity index (χ0v) is 15.5. The van der Waals surface area contributed by atoms with Crippen molar-refractivity contribution < 1.29 is 14.1 Å². The number of carbonyl (C=O) groups is 1. The van der Waals surface area contributed by atoms with E-state index in [1.807, 2.05) is 73.6 Å². The van der Waals surface area contributed by atoms with Gasteiger partial charge in [0.1, 0.15) is 0 Å². The van der Waals surface area contributed by atoms with Crippen molar-refractivity contribution in [2.24, 2.45) is 5.41 Å². The Morgan fingerprint density at radius 2 is 1.61 bits per heavy atom. The molecule has 1 heterocycles. The molecule has 2 rings (SSSR count). The maximum Gasteiger partial charge on any atom is 0.496 e. The molecular weight excluding hydrogens is 289 g/mol. The minimum absolute atomic E-state index is 0.0270. The number of aryl methyl sites for hydroxylation is 1. The van der Waals surface area contributed by atoms with Crippen molar-refractivity contribution in [3.63, 3.8) is 0 Å². The maximum absolute atomic E-state index is 12.4. The fraction of sp³-hybridized carbons (Fsp3) is 0.611. The van der Waals surface area contributed by atoms with Crippen molar-refractivity contribution in [2.75, 3.05) is 5.32 Å². The van der Waals surface area contributed by atoms with Gasteiger partial charge in [0, 0.05) is 16.6 Å². The monoisotopic (exact) mass is 317 g/mol. The van der Waals surface area contributed by atoms with Gasteiger partial charge in [-0.25, -0.2) is 0 Å². The van der Waals surface area contributed by atoms with Crippen LogP contribution >= 0.6 is 0 Å². The Balaban J connectivity index is 2.36. The zero-order chi connectivity index (χ0) is 17.6. The summed E-state index contributed by atoms with van der Waals surface area (Å²) in [4.78, 5) is 12.4. The normalized spacial score (nSPS) is 19.7. The largest absolute Gasteiger partial charge is 0.496 e. The molecule has 5 heteroatoms. The third kappa shape index (κ3) is 3.61. The Hall–Kier alpha value is -1.33. The van der Waals surface area contributed by atoms with Crippen LogP contribution in [0.1, 0.15) is 54.0 Å². The van der Waals surface area contributed by atoms with E-state index in [1.54, 1.807) is 0 Å². The smallest absolute Gasteiger partial charge is 0.399 e. The van der Waals surface area contributed by atoms with Crippen molar-refractivity contribution in [3.8, 4) is 0 Å². The average molecular weight is 317 g/mol. The number of amides is 1. The number of anilines is 1. The van der Waals surface area contributed by atoms with Crippen LogP contribution < -0.4 is 10.8 Å². The highest BCUT2D eigenvalue weighted by Gasteiger charge is 2.52. The van der Waals surface area contributed by atoms with E-state index in [1.165, 1.54) is 0 Å².